The first kappa shape index (κ1) is 17.8. The number of hydrogen-bond donors (Lipinski definition) is 0. The molecule has 0 aliphatic rings. The van der Waals surface area contributed by atoms with Crippen molar-refractivity contribution in [1.29, 1.82) is 0 Å². The fourth-order valence-corrected chi connectivity index (χ4v) is 2.77. The van der Waals surface area contributed by atoms with E-state index in [9.17, 15) is 13.2 Å². The van der Waals surface area contributed by atoms with Crippen LogP contribution < -0.4 is 19.1 Å². The molecule has 0 N–H and O–H groups in total. The molecule has 0 bridgehead atoms. The lowest BCUT2D eigenvalue weighted by molar-refractivity contribution is 0.319. The van der Waals surface area contributed by atoms with Crippen LogP contribution in [0.1, 0.15) is 6.92 Å². The third kappa shape index (κ3) is 3.97. The Bertz CT molecular complexity index is 1100. The molecule has 0 aliphatic heterocycles. The average molecular weight is 376 g/mol. The van der Waals surface area contributed by atoms with Crippen molar-refractivity contribution in [3.63, 3.8) is 0 Å². The molecule has 0 aliphatic carbocycles. The van der Waals surface area contributed by atoms with Crippen LogP contribution in [0.25, 0.3) is 11.0 Å². The van der Waals surface area contributed by atoms with Gasteiger partial charge in [-0.15, -0.1) is 0 Å². The number of fused-ring (bicyclic) bond motifs is 1. The van der Waals surface area contributed by atoms with Crippen molar-refractivity contribution >= 4 is 21.1 Å². The maximum absolute atomic E-state index is 12.6. The number of ether oxygens (including phenoxy) is 2. The minimum atomic E-state index is -3.67. The molecule has 0 saturated heterocycles. The predicted molar refractivity (Wildman–Crippen MR) is 95.6 cm³/mol. The van der Waals surface area contributed by atoms with Crippen LogP contribution in [-0.4, -0.2) is 21.3 Å². The van der Waals surface area contributed by atoms with E-state index < -0.39 is 15.5 Å². The molecule has 0 saturated carbocycles. The van der Waals surface area contributed by atoms with Gasteiger partial charge in [0.1, 0.15) is 17.6 Å². The van der Waals surface area contributed by atoms with Gasteiger partial charge in [-0.1, -0.05) is 12.1 Å². The van der Waals surface area contributed by atoms with Crippen LogP contribution >= 0.6 is 0 Å². The van der Waals surface area contributed by atoms with Gasteiger partial charge in [0.2, 0.25) is 11.2 Å². The van der Waals surface area contributed by atoms with Gasteiger partial charge >= 0.3 is 10.1 Å². The molecule has 26 heavy (non-hydrogen) atoms. The molecule has 8 heteroatoms. The Balaban J connectivity index is 1.98. The minimum absolute atomic E-state index is 0.0126. The van der Waals surface area contributed by atoms with E-state index in [1.54, 1.807) is 24.3 Å². The summed E-state index contributed by atoms with van der Waals surface area (Å²) in [7, 11) is -3.67. The lowest BCUT2D eigenvalue weighted by Gasteiger charge is -2.11. The molecule has 3 aromatic rings. The summed E-state index contributed by atoms with van der Waals surface area (Å²) in [6.45, 7) is 2.30. The van der Waals surface area contributed by atoms with Gasteiger partial charge in [0.05, 0.1) is 18.2 Å². The highest BCUT2D eigenvalue weighted by Gasteiger charge is 2.13. The topological polar surface area (TPSA) is 92.0 Å². The zero-order chi connectivity index (χ0) is 18.7. The second-order valence-electron chi connectivity index (χ2n) is 5.36. The molecular weight excluding hydrogens is 360 g/mol. The Morgan fingerprint density at radius 2 is 1.77 bits per heavy atom. The van der Waals surface area contributed by atoms with E-state index in [1.165, 1.54) is 18.2 Å². The highest BCUT2D eigenvalue weighted by atomic mass is 32.2. The van der Waals surface area contributed by atoms with Crippen LogP contribution in [0.15, 0.2) is 57.9 Å². The van der Waals surface area contributed by atoms with Gasteiger partial charge in [-0.25, -0.2) is 0 Å². The van der Waals surface area contributed by atoms with Crippen molar-refractivity contribution in [2.75, 3.05) is 12.9 Å². The molecule has 0 amide bonds. The zero-order valence-corrected chi connectivity index (χ0v) is 14.9. The Kier molecular flexibility index (Phi) is 4.85. The summed E-state index contributed by atoms with van der Waals surface area (Å²) in [5.74, 6) is 0.935. The summed E-state index contributed by atoms with van der Waals surface area (Å²) >= 11 is 0. The van der Waals surface area contributed by atoms with Crippen LogP contribution in [0.3, 0.4) is 0 Å². The van der Waals surface area contributed by atoms with E-state index in [0.29, 0.717) is 18.1 Å². The van der Waals surface area contributed by atoms with Crippen LogP contribution in [0.4, 0.5) is 0 Å². The minimum Gasteiger partial charge on any atom is -0.490 e. The van der Waals surface area contributed by atoms with Crippen molar-refractivity contribution in [3.05, 3.63) is 59.0 Å². The summed E-state index contributed by atoms with van der Waals surface area (Å²) in [6, 6.07) is 11.1. The lowest BCUT2D eigenvalue weighted by Crippen LogP contribution is -2.07. The summed E-state index contributed by atoms with van der Waals surface area (Å²) in [4.78, 5) is 12.6. The van der Waals surface area contributed by atoms with E-state index in [1.807, 2.05) is 6.92 Å². The van der Waals surface area contributed by atoms with Gasteiger partial charge in [0.15, 0.2) is 11.5 Å². The van der Waals surface area contributed by atoms with Crippen LogP contribution in [0.5, 0.6) is 23.0 Å². The molecule has 0 spiro atoms. The molecule has 7 nitrogen and oxygen atoms in total. The van der Waals surface area contributed by atoms with Crippen molar-refractivity contribution in [2.45, 2.75) is 6.92 Å². The van der Waals surface area contributed by atoms with Crippen LogP contribution in [-0.2, 0) is 10.1 Å². The van der Waals surface area contributed by atoms with Gasteiger partial charge in [0.25, 0.3) is 0 Å². The van der Waals surface area contributed by atoms with Gasteiger partial charge in [-0.2, -0.15) is 8.42 Å². The van der Waals surface area contributed by atoms with E-state index in [4.69, 9.17) is 18.1 Å². The van der Waals surface area contributed by atoms with Crippen molar-refractivity contribution < 1.29 is 26.5 Å². The Hall–Kier alpha value is -3.00. The Morgan fingerprint density at radius 1 is 1.04 bits per heavy atom. The normalized spacial score (nSPS) is 11.3. The first-order valence-corrected chi connectivity index (χ1v) is 9.54. The third-order valence-corrected chi connectivity index (χ3v) is 3.83. The summed E-state index contributed by atoms with van der Waals surface area (Å²) < 4.78 is 43.7. The largest absolute Gasteiger partial charge is 0.490 e. The predicted octanol–water partition coefficient (Wildman–Crippen LogP) is 3.32. The summed E-state index contributed by atoms with van der Waals surface area (Å²) in [5.41, 5.74) is -0.218. The van der Waals surface area contributed by atoms with Crippen LogP contribution in [0, 0.1) is 0 Å². The zero-order valence-electron chi connectivity index (χ0n) is 14.1. The summed E-state index contributed by atoms with van der Waals surface area (Å²) in [5, 5.41) is 0.234. The molecule has 0 fully saturated rings. The molecule has 1 heterocycles. The number of hydrogen-bond acceptors (Lipinski definition) is 7. The van der Waals surface area contributed by atoms with E-state index in [-0.39, 0.29) is 22.5 Å². The van der Waals surface area contributed by atoms with Crippen LogP contribution in [0.2, 0.25) is 0 Å². The monoisotopic (exact) mass is 376 g/mol. The van der Waals surface area contributed by atoms with Gasteiger partial charge < -0.3 is 18.1 Å². The van der Waals surface area contributed by atoms with Crippen molar-refractivity contribution in [3.8, 4) is 23.0 Å². The molecule has 136 valence electrons. The maximum Gasteiger partial charge on any atom is 0.306 e. The lowest BCUT2D eigenvalue weighted by atomic mass is 10.2. The molecule has 0 unspecified atom stereocenters. The van der Waals surface area contributed by atoms with E-state index in [0.717, 1.165) is 12.5 Å². The smallest absolute Gasteiger partial charge is 0.306 e. The van der Waals surface area contributed by atoms with Crippen molar-refractivity contribution in [2.24, 2.45) is 0 Å². The molecule has 3 rings (SSSR count). The van der Waals surface area contributed by atoms with Crippen molar-refractivity contribution in [1.82, 2.24) is 0 Å². The molecule has 1 aromatic heterocycles. The second kappa shape index (κ2) is 7.09. The Morgan fingerprint density at radius 3 is 2.46 bits per heavy atom. The molecular formula is C18H16O7S. The first-order chi connectivity index (χ1) is 12.4. The van der Waals surface area contributed by atoms with Gasteiger partial charge in [-0.3, -0.25) is 4.79 Å². The number of para-hydroxylation sites is 2. The highest BCUT2D eigenvalue weighted by Crippen LogP contribution is 2.31. The fraction of sp³-hybridized carbons (Fsp3) is 0.167. The number of benzene rings is 2. The average Bonchev–Trinajstić information content (AvgIpc) is 2.58. The fourth-order valence-electron chi connectivity index (χ4n) is 2.32. The third-order valence-electron chi connectivity index (χ3n) is 3.33. The van der Waals surface area contributed by atoms with Gasteiger partial charge in [0, 0.05) is 6.07 Å². The van der Waals surface area contributed by atoms with Gasteiger partial charge in [-0.05, 0) is 31.2 Å². The van der Waals surface area contributed by atoms with E-state index in [2.05, 4.69) is 0 Å². The quantitative estimate of drug-likeness (QED) is 0.609. The summed E-state index contributed by atoms with van der Waals surface area (Å²) in [6.07, 6.45) is 2.09. The molecule has 0 radical (unpaired) electrons. The van der Waals surface area contributed by atoms with E-state index >= 15 is 0 Å². The highest BCUT2D eigenvalue weighted by molar-refractivity contribution is 7.86. The molecule has 2 aromatic carbocycles. The standard InChI is InChI=1S/C18H16O7S/c1-3-22-14-6-4-5-7-15(14)24-17-11-23-16-10-12(25-26(2,20)21)8-9-13(16)18(17)19/h4-11H,3H2,1-2H3. The Labute approximate surface area is 149 Å². The maximum atomic E-state index is 12.6. The number of rotatable bonds is 6. The SMILES string of the molecule is CCOc1ccccc1Oc1coc2cc(OS(C)(=O)=O)ccc2c1=O. The second-order valence-corrected chi connectivity index (χ2v) is 6.93. The first-order valence-electron chi connectivity index (χ1n) is 7.72. The molecule has 0 atom stereocenters.